The highest BCUT2D eigenvalue weighted by Gasteiger charge is 2.13. The Labute approximate surface area is 97.1 Å². The first-order chi connectivity index (χ1) is 7.60. The van der Waals surface area contributed by atoms with Crippen LogP contribution in [-0.2, 0) is 13.6 Å². The molecular formula is C11H22N4O. The molecule has 0 saturated carbocycles. The number of anilines is 1. The van der Waals surface area contributed by atoms with E-state index in [0.29, 0.717) is 6.54 Å². The third-order valence-corrected chi connectivity index (χ3v) is 2.60. The van der Waals surface area contributed by atoms with Crippen LogP contribution in [0.25, 0.3) is 0 Å². The zero-order valence-corrected chi connectivity index (χ0v) is 10.6. The summed E-state index contributed by atoms with van der Waals surface area (Å²) in [5.74, 6) is 1.07. The van der Waals surface area contributed by atoms with Crippen LogP contribution in [0.1, 0.15) is 18.2 Å². The Morgan fingerprint density at radius 1 is 1.50 bits per heavy atom. The van der Waals surface area contributed by atoms with Crippen molar-refractivity contribution in [1.82, 2.24) is 14.7 Å². The summed E-state index contributed by atoms with van der Waals surface area (Å²) in [5, 5.41) is 16.6. The van der Waals surface area contributed by atoms with Gasteiger partial charge in [0.05, 0.1) is 12.3 Å². The fourth-order valence-corrected chi connectivity index (χ4v) is 1.80. The third kappa shape index (κ3) is 2.96. The second kappa shape index (κ2) is 5.86. The smallest absolute Gasteiger partial charge is 0.128 e. The summed E-state index contributed by atoms with van der Waals surface area (Å²) < 4.78 is 1.88. The molecule has 16 heavy (non-hydrogen) atoms. The summed E-state index contributed by atoms with van der Waals surface area (Å²) in [6.07, 6.45) is 0. The van der Waals surface area contributed by atoms with Gasteiger partial charge in [-0.15, -0.1) is 0 Å². The molecule has 0 amide bonds. The van der Waals surface area contributed by atoms with Crippen molar-refractivity contribution in [3.8, 4) is 0 Å². The van der Waals surface area contributed by atoms with E-state index in [2.05, 4.69) is 22.2 Å². The molecule has 0 spiro atoms. The van der Waals surface area contributed by atoms with Crippen LogP contribution in [0.5, 0.6) is 0 Å². The fourth-order valence-electron chi connectivity index (χ4n) is 1.80. The molecule has 5 heteroatoms. The normalized spacial score (nSPS) is 11.1. The van der Waals surface area contributed by atoms with Gasteiger partial charge >= 0.3 is 0 Å². The Bertz CT molecular complexity index is 335. The molecule has 1 heterocycles. The van der Waals surface area contributed by atoms with Crippen molar-refractivity contribution in [2.45, 2.75) is 20.4 Å². The minimum Gasteiger partial charge on any atom is -0.395 e. The van der Waals surface area contributed by atoms with Gasteiger partial charge in [0, 0.05) is 32.2 Å². The largest absolute Gasteiger partial charge is 0.395 e. The molecule has 92 valence electrons. The third-order valence-electron chi connectivity index (χ3n) is 2.60. The fraction of sp³-hybridized carbons (Fsp3) is 0.727. The van der Waals surface area contributed by atoms with Gasteiger partial charge in [-0.05, 0) is 20.9 Å². The first-order valence-electron chi connectivity index (χ1n) is 5.65. The number of aliphatic hydroxyl groups is 1. The molecule has 0 aromatic carbocycles. The van der Waals surface area contributed by atoms with Crippen LogP contribution in [0, 0.1) is 6.92 Å². The van der Waals surface area contributed by atoms with Crippen molar-refractivity contribution in [3.05, 3.63) is 11.3 Å². The van der Waals surface area contributed by atoms with Gasteiger partial charge in [0.25, 0.3) is 0 Å². The number of nitrogens with one attached hydrogen (secondary N) is 1. The van der Waals surface area contributed by atoms with E-state index >= 15 is 0 Å². The van der Waals surface area contributed by atoms with Crippen molar-refractivity contribution in [2.75, 3.05) is 32.1 Å². The van der Waals surface area contributed by atoms with Crippen LogP contribution >= 0.6 is 0 Å². The zero-order chi connectivity index (χ0) is 12.1. The van der Waals surface area contributed by atoms with Crippen LogP contribution < -0.4 is 5.32 Å². The highest BCUT2D eigenvalue weighted by atomic mass is 16.3. The van der Waals surface area contributed by atoms with Crippen LogP contribution in [0.3, 0.4) is 0 Å². The van der Waals surface area contributed by atoms with Crippen molar-refractivity contribution < 1.29 is 5.11 Å². The van der Waals surface area contributed by atoms with E-state index in [1.807, 2.05) is 25.7 Å². The first kappa shape index (κ1) is 13.0. The maximum absolute atomic E-state index is 8.88. The van der Waals surface area contributed by atoms with Gasteiger partial charge in [0.2, 0.25) is 0 Å². The standard InChI is InChI=1S/C11H22N4O/c1-5-12-11-10(8-14(3)6-7-16)9(2)13-15(11)4/h12,16H,5-8H2,1-4H3. The molecule has 5 nitrogen and oxygen atoms in total. The van der Waals surface area contributed by atoms with Crippen LogP contribution in [-0.4, -0.2) is 46.5 Å². The van der Waals surface area contributed by atoms with Crippen LogP contribution in [0.15, 0.2) is 0 Å². The SMILES string of the molecule is CCNc1c(CN(C)CCO)c(C)nn1C. The maximum Gasteiger partial charge on any atom is 0.128 e. The first-order valence-corrected chi connectivity index (χ1v) is 5.65. The lowest BCUT2D eigenvalue weighted by atomic mass is 10.2. The number of aromatic nitrogens is 2. The molecule has 0 saturated heterocycles. The van der Waals surface area contributed by atoms with Gasteiger partial charge in [0.15, 0.2) is 0 Å². The predicted molar refractivity (Wildman–Crippen MR) is 65.5 cm³/mol. The van der Waals surface area contributed by atoms with Gasteiger partial charge in [-0.2, -0.15) is 5.10 Å². The van der Waals surface area contributed by atoms with Crippen molar-refractivity contribution in [1.29, 1.82) is 0 Å². The highest BCUT2D eigenvalue weighted by molar-refractivity contribution is 5.47. The lowest BCUT2D eigenvalue weighted by Crippen LogP contribution is -2.22. The van der Waals surface area contributed by atoms with Crippen molar-refractivity contribution in [3.63, 3.8) is 0 Å². The zero-order valence-electron chi connectivity index (χ0n) is 10.6. The lowest BCUT2D eigenvalue weighted by molar-refractivity contribution is 0.217. The minimum absolute atomic E-state index is 0.187. The molecule has 0 aliphatic heterocycles. The van der Waals surface area contributed by atoms with Crippen LogP contribution in [0.4, 0.5) is 5.82 Å². The molecule has 0 atom stereocenters. The van der Waals surface area contributed by atoms with Gasteiger partial charge in [0.1, 0.15) is 5.82 Å². The topological polar surface area (TPSA) is 53.3 Å². The van der Waals surface area contributed by atoms with E-state index < -0.39 is 0 Å². The molecule has 0 aliphatic rings. The molecule has 1 aromatic heterocycles. The summed E-state index contributed by atoms with van der Waals surface area (Å²) in [6, 6.07) is 0. The Morgan fingerprint density at radius 3 is 2.75 bits per heavy atom. The summed E-state index contributed by atoms with van der Waals surface area (Å²) in [6.45, 7) is 6.65. The minimum atomic E-state index is 0.187. The van der Waals surface area contributed by atoms with Crippen molar-refractivity contribution >= 4 is 5.82 Å². The molecule has 0 unspecified atom stereocenters. The summed E-state index contributed by atoms with van der Waals surface area (Å²) in [4.78, 5) is 2.09. The van der Waals surface area contributed by atoms with E-state index in [1.165, 1.54) is 5.56 Å². The number of aryl methyl sites for hydroxylation is 2. The quantitative estimate of drug-likeness (QED) is 0.745. The molecule has 1 rings (SSSR count). The second-order valence-electron chi connectivity index (χ2n) is 4.03. The van der Waals surface area contributed by atoms with Gasteiger partial charge in [-0.1, -0.05) is 0 Å². The number of nitrogens with zero attached hydrogens (tertiary/aromatic N) is 3. The van der Waals surface area contributed by atoms with Gasteiger partial charge < -0.3 is 10.4 Å². The summed E-state index contributed by atoms with van der Waals surface area (Å²) in [5.41, 5.74) is 2.25. The molecule has 0 radical (unpaired) electrons. The van der Waals surface area contributed by atoms with Crippen molar-refractivity contribution in [2.24, 2.45) is 7.05 Å². The molecule has 0 fully saturated rings. The molecular weight excluding hydrogens is 204 g/mol. The molecule has 1 aromatic rings. The van der Waals surface area contributed by atoms with Gasteiger partial charge in [-0.3, -0.25) is 9.58 Å². The monoisotopic (exact) mass is 226 g/mol. The predicted octanol–water partition coefficient (Wildman–Crippen LogP) is 0.584. The van der Waals surface area contributed by atoms with Gasteiger partial charge in [-0.25, -0.2) is 0 Å². The summed E-state index contributed by atoms with van der Waals surface area (Å²) >= 11 is 0. The highest BCUT2D eigenvalue weighted by Crippen LogP contribution is 2.19. The van der Waals surface area contributed by atoms with E-state index in [9.17, 15) is 0 Å². The average molecular weight is 226 g/mol. The molecule has 0 aliphatic carbocycles. The Kier molecular flexibility index (Phi) is 4.76. The molecule has 0 bridgehead atoms. The summed E-state index contributed by atoms with van der Waals surface area (Å²) in [7, 11) is 3.94. The van der Waals surface area contributed by atoms with E-state index in [-0.39, 0.29) is 6.61 Å². The van der Waals surface area contributed by atoms with E-state index in [4.69, 9.17) is 5.11 Å². The Hall–Kier alpha value is -1.07. The number of aliphatic hydroxyl groups excluding tert-OH is 1. The number of hydrogen-bond donors (Lipinski definition) is 2. The van der Waals surface area contributed by atoms with Crippen LogP contribution in [0.2, 0.25) is 0 Å². The molecule has 2 N–H and O–H groups in total. The second-order valence-corrected chi connectivity index (χ2v) is 4.03. The number of likely N-dealkylation sites (N-methyl/N-ethyl adjacent to an activating group) is 1. The average Bonchev–Trinajstić information content (AvgIpc) is 2.46. The Morgan fingerprint density at radius 2 is 2.19 bits per heavy atom. The lowest BCUT2D eigenvalue weighted by Gasteiger charge is -2.16. The van der Waals surface area contributed by atoms with E-state index in [1.54, 1.807) is 0 Å². The Balaban J connectivity index is 2.84. The maximum atomic E-state index is 8.88. The number of rotatable bonds is 6. The number of hydrogen-bond acceptors (Lipinski definition) is 4. The van der Waals surface area contributed by atoms with E-state index in [0.717, 1.165) is 24.6 Å².